The molecular formula is C45H30N5OPt-3. The van der Waals surface area contributed by atoms with Gasteiger partial charge in [-0.1, -0.05) is 78.3 Å². The topological polar surface area (TPSA) is 38.5 Å². The van der Waals surface area contributed by atoms with Crippen LogP contribution >= 0.6 is 0 Å². The number of fused-ring (bicyclic) bond motifs is 5. The average Bonchev–Trinajstić information content (AvgIpc) is 3.86. The van der Waals surface area contributed by atoms with Crippen LogP contribution in [0.2, 0.25) is 0 Å². The molecule has 0 spiro atoms. The zero-order valence-corrected chi connectivity index (χ0v) is 30.3. The van der Waals surface area contributed by atoms with Crippen molar-refractivity contribution < 1.29 is 25.8 Å². The number of para-hydroxylation sites is 3. The summed E-state index contributed by atoms with van der Waals surface area (Å²) in [5.74, 6) is 2.02. The maximum absolute atomic E-state index is 6.54. The molecule has 0 saturated heterocycles. The minimum Gasteiger partial charge on any atom is -0.509 e. The number of pyridine rings is 1. The molecule has 1 aliphatic heterocycles. The van der Waals surface area contributed by atoms with Gasteiger partial charge in [0, 0.05) is 86.0 Å². The summed E-state index contributed by atoms with van der Waals surface area (Å²) < 4.78 is 10.9. The molecule has 6 nitrogen and oxygen atoms in total. The van der Waals surface area contributed by atoms with Crippen LogP contribution < -0.4 is 14.5 Å². The van der Waals surface area contributed by atoms with Crippen molar-refractivity contribution >= 4 is 55.5 Å². The molecule has 0 amide bonds. The van der Waals surface area contributed by atoms with Crippen LogP contribution in [0.5, 0.6) is 11.5 Å². The first-order chi connectivity index (χ1) is 25.2. The SMILES string of the molecule is Cn1ccc2cnc(-n3c4[c-]c(Oc5[c-]c(N6[CH-]N(c7ccccc7)c7ccccc76)ccc5)ccc4c4cc(-c5ccccc5)ccc43)cc21.[Pt]. The number of nitrogens with zero attached hydrogens (tertiary/aromatic N) is 5. The Balaban J connectivity index is 0.00000360. The molecule has 4 heterocycles. The van der Waals surface area contributed by atoms with E-state index in [2.05, 4.69) is 166 Å². The second kappa shape index (κ2) is 12.9. The van der Waals surface area contributed by atoms with E-state index in [1.807, 2.05) is 36.5 Å². The van der Waals surface area contributed by atoms with Crippen LogP contribution in [0.1, 0.15) is 0 Å². The van der Waals surface area contributed by atoms with Gasteiger partial charge in [0.1, 0.15) is 5.82 Å². The minimum atomic E-state index is 0. The molecule has 0 atom stereocenters. The van der Waals surface area contributed by atoms with Gasteiger partial charge in [-0.15, -0.1) is 48.1 Å². The standard InChI is InChI=1S/C45H30N5O.Pt/c1-47-24-23-33-29-46-45(28-43(33)47)50-40-22-19-32(31-11-4-2-5-12-31)25-39(40)38-21-20-37(27-44(38)50)51-36-16-10-15-35(26-36)49-30-48(34-13-6-3-7-14-34)41-17-8-9-18-42(41)49;/h2-25,28-30H,1H3;/q-3;. The van der Waals surface area contributed by atoms with E-state index in [1.54, 1.807) is 0 Å². The molecule has 0 saturated carbocycles. The Bertz CT molecular complexity index is 2740. The fraction of sp³-hybridized carbons (Fsp3) is 0.0222. The van der Waals surface area contributed by atoms with Crippen LogP contribution in [0.25, 0.3) is 49.7 Å². The fourth-order valence-corrected chi connectivity index (χ4v) is 7.16. The second-order valence-corrected chi connectivity index (χ2v) is 12.7. The van der Waals surface area contributed by atoms with E-state index in [1.165, 1.54) is 5.56 Å². The van der Waals surface area contributed by atoms with Crippen LogP contribution in [-0.4, -0.2) is 14.1 Å². The van der Waals surface area contributed by atoms with Gasteiger partial charge in [0.2, 0.25) is 0 Å². The van der Waals surface area contributed by atoms with Crippen LogP contribution in [0.4, 0.5) is 22.7 Å². The smallest absolute Gasteiger partial charge is 0.137 e. The Morgan fingerprint density at radius 1 is 0.615 bits per heavy atom. The Morgan fingerprint density at radius 2 is 1.37 bits per heavy atom. The Hall–Kier alpha value is -6.10. The Labute approximate surface area is 316 Å². The van der Waals surface area contributed by atoms with Crippen molar-refractivity contribution in [2.75, 3.05) is 9.80 Å². The zero-order valence-electron chi connectivity index (χ0n) is 28.0. The van der Waals surface area contributed by atoms with Crippen molar-refractivity contribution in [3.05, 3.63) is 177 Å². The van der Waals surface area contributed by atoms with E-state index in [4.69, 9.17) is 9.72 Å². The number of hydrogen-bond acceptors (Lipinski definition) is 4. The number of anilines is 4. The van der Waals surface area contributed by atoms with Crippen LogP contribution in [0, 0.1) is 18.8 Å². The Morgan fingerprint density at radius 3 is 2.19 bits per heavy atom. The predicted molar refractivity (Wildman–Crippen MR) is 206 cm³/mol. The van der Waals surface area contributed by atoms with Gasteiger partial charge in [-0.3, -0.25) is 0 Å². The summed E-state index contributed by atoms with van der Waals surface area (Å²) >= 11 is 0. The normalized spacial score (nSPS) is 12.4. The van der Waals surface area contributed by atoms with E-state index in [-0.39, 0.29) is 21.1 Å². The minimum absolute atomic E-state index is 0. The number of hydrogen-bond donors (Lipinski definition) is 0. The molecule has 3 aromatic heterocycles. The number of aryl methyl sites for hydroxylation is 1. The van der Waals surface area contributed by atoms with Crippen molar-refractivity contribution in [3.63, 3.8) is 0 Å². The first-order valence-electron chi connectivity index (χ1n) is 16.9. The Kier molecular flexibility index (Phi) is 7.90. The van der Waals surface area contributed by atoms with Crippen molar-refractivity contribution in [1.29, 1.82) is 0 Å². The fourth-order valence-electron chi connectivity index (χ4n) is 7.16. The molecular weight excluding hydrogens is 822 g/mol. The van der Waals surface area contributed by atoms with E-state index in [0.29, 0.717) is 11.5 Å². The molecule has 254 valence electrons. The summed E-state index contributed by atoms with van der Waals surface area (Å²) in [4.78, 5) is 9.27. The van der Waals surface area contributed by atoms with E-state index in [9.17, 15) is 0 Å². The molecule has 6 aromatic carbocycles. The van der Waals surface area contributed by atoms with E-state index < -0.39 is 0 Å². The summed E-state index contributed by atoms with van der Waals surface area (Å²) in [5, 5.41) is 3.30. The maximum atomic E-state index is 6.54. The third kappa shape index (κ3) is 5.35. The van der Waals surface area contributed by atoms with Gasteiger partial charge in [-0.25, -0.2) is 4.98 Å². The van der Waals surface area contributed by atoms with Crippen LogP contribution in [0.3, 0.4) is 0 Å². The average molecular weight is 852 g/mol. The molecule has 9 aromatic rings. The van der Waals surface area contributed by atoms with Crippen LogP contribution in [-0.2, 0) is 28.1 Å². The molecule has 0 fully saturated rings. The van der Waals surface area contributed by atoms with Gasteiger partial charge in [-0.2, -0.15) is 12.1 Å². The summed E-state index contributed by atoms with van der Waals surface area (Å²) in [6.45, 7) is 2.10. The van der Waals surface area contributed by atoms with Gasteiger partial charge in [0.05, 0.1) is 5.52 Å². The van der Waals surface area contributed by atoms with Crippen molar-refractivity contribution in [1.82, 2.24) is 14.1 Å². The molecule has 0 bridgehead atoms. The predicted octanol–water partition coefficient (Wildman–Crippen LogP) is 11.1. The molecule has 1 aliphatic rings. The van der Waals surface area contributed by atoms with Gasteiger partial charge in [0.25, 0.3) is 0 Å². The first kappa shape index (κ1) is 31.8. The summed E-state index contributed by atoms with van der Waals surface area (Å²) in [5.41, 5.74) is 9.54. The van der Waals surface area contributed by atoms with E-state index >= 15 is 0 Å². The number of aromatic nitrogens is 3. The van der Waals surface area contributed by atoms with Crippen molar-refractivity contribution in [2.24, 2.45) is 7.05 Å². The summed E-state index contributed by atoms with van der Waals surface area (Å²) in [7, 11) is 2.06. The van der Waals surface area contributed by atoms with Crippen molar-refractivity contribution in [3.8, 4) is 28.4 Å². The number of rotatable bonds is 6. The molecule has 7 heteroatoms. The largest absolute Gasteiger partial charge is 0.509 e. The maximum Gasteiger partial charge on any atom is 0.137 e. The number of ether oxygens (including phenoxy) is 1. The zero-order chi connectivity index (χ0) is 33.9. The van der Waals surface area contributed by atoms with Crippen LogP contribution in [0.15, 0.2) is 158 Å². The van der Waals surface area contributed by atoms with Crippen molar-refractivity contribution in [2.45, 2.75) is 0 Å². The van der Waals surface area contributed by atoms with Gasteiger partial charge in [0.15, 0.2) is 0 Å². The molecule has 52 heavy (non-hydrogen) atoms. The molecule has 0 unspecified atom stereocenters. The third-order valence-corrected chi connectivity index (χ3v) is 9.64. The van der Waals surface area contributed by atoms with Gasteiger partial charge >= 0.3 is 0 Å². The summed E-state index contributed by atoms with van der Waals surface area (Å²) in [6.07, 6.45) is 4.00. The molecule has 0 radical (unpaired) electrons. The third-order valence-electron chi connectivity index (χ3n) is 9.64. The molecule has 0 N–H and O–H groups in total. The quantitative estimate of drug-likeness (QED) is 0.156. The number of benzene rings is 6. The van der Waals surface area contributed by atoms with E-state index in [0.717, 1.165) is 66.8 Å². The molecule has 0 aliphatic carbocycles. The molecule has 10 rings (SSSR count). The first-order valence-corrected chi connectivity index (χ1v) is 16.9. The second-order valence-electron chi connectivity index (χ2n) is 12.7. The summed E-state index contributed by atoms with van der Waals surface area (Å²) in [6, 6.07) is 57.3. The monoisotopic (exact) mass is 851 g/mol. The van der Waals surface area contributed by atoms with Gasteiger partial charge < -0.3 is 23.7 Å². The van der Waals surface area contributed by atoms with Gasteiger partial charge in [-0.05, 0) is 52.9 Å².